The van der Waals surface area contributed by atoms with E-state index in [9.17, 15) is 14.7 Å². The van der Waals surface area contributed by atoms with Gasteiger partial charge in [0.05, 0.1) is 35.2 Å². The van der Waals surface area contributed by atoms with Crippen molar-refractivity contribution in [3.63, 3.8) is 0 Å². The van der Waals surface area contributed by atoms with Crippen LogP contribution in [-0.2, 0) is 29.9 Å². The zero-order valence-corrected chi connectivity index (χ0v) is 24.8. The minimum absolute atomic E-state index is 0.0146. The van der Waals surface area contributed by atoms with Crippen molar-refractivity contribution < 1.29 is 15.0 Å². The van der Waals surface area contributed by atoms with Crippen molar-refractivity contribution in [2.45, 2.75) is 38.5 Å². The molecule has 6 rings (SSSR count). The third-order valence-corrected chi connectivity index (χ3v) is 8.25. The molecule has 1 amide bonds. The summed E-state index contributed by atoms with van der Waals surface area (Å²) in [6.07, 6.45) is 8.27. The van der Waals surface area contributed by atoms with E-state index in [-0.39, 0.29) is 18.7 Å². The summed E-state index contributed by atoms with van der Waals surface area (Å²) in [5.41, 5.74) is 1.18. The van der Waals surface area contributed by atoms with E-state index >= 15 is 0 Å². The number of hydrogen-bond acceptors (Lipinski definition) is 7. The number of aliphatic hydroxyl groups excluding tert-OH is 1. The fourth-order valence-electron chi connectivity index (χ4n) is 5.60. The topological polar surface area (TPSA) is 126 Å². The van der Waals surface area contributed by atoms with Crippen LogP contribution in [0.3, 0.4) is 0 Å². The maximum atomic E-state index is 13.9. The first kappa shape index (κ1) is 29.4. The van der Waals surface area contributed by atoms with Crippen LogP contribution in [0.4, 0.5) is 5.69 Å². The number of aryl methyl sites for hydroxylation is 1. The molecule has 10 nitrogen and oxygen atoms in total. The van der Waals surface area contributed by atoms with Gasteiger partial charge in [0.15, 0.2) is 5.60 Å². The number of carbonyl (C=O) groups excluding carboxylic acids is 1. The van der Waals surface area contributed by atoms with E-state index in [4.69, 9.17) is 16.7 Å². The molecule has 0 aliphatic carbocycles. The lowest BCUT2D eigenvalue weighted by Gasteiger charge is -2.27. The lowest BCUT2D eigenvalue weighted by molar-refractivity contribution is -0.139. The van der Waals surface area contributed by atoms with Crippen molar-refractivity contribution >= 4 is 34.0 Å². The first-order valence-electron chi connectivity index (χ1n) is 14.4. The monoisotopic (exact) mass is 610 g/mol. The number of anilines is 1. The molecule has 0 saturated carbocycles. The molecule has 0 radical (unpaired) electrons. The summed E-state index contributed by atoms with van der Waals surface area (Å²) in [7, 11) is 0. The standard InChI is InChI=1S/C33H31ClN6O4/c1-22(6-4-5-16-38-21-26(15-17-41)36-37-38)33(44)29-18-25(34)11-14-30(29)39(32(33)43)20-23-9-12-27(13-10-23)40-31(42)28-8-3-2-7-24(28)19-35-40/h2-4,6-14,18-19,21-22,41,44H,5,15-17,20H2,1H3/b6-4+/t22-,33+/m1/s1. The SMILES string of the molecule is C[C@H](/C=C/CCn1cc(CCO)nn1)[C@@]1(O)C(=O)N(Cc2ccc(-n3ncc4ccccc4c3=O)cc2)c2ccc(Cl)cc21. The zero-order valence-electron chi connectivity index (χ0n) is 24.0. The van der Waals surface area contributed by atoms with E-state index in [2.05, 4.69) is 15.4 Å². The number of aromatic nitrogens is 5. The molecule has 0 saturated heterocycles. The van der Waals surface area contributed by atoms with E-state index in [1.54, 1.807) is 65.3 Å². The Morgan fingerprint density at radius 2 is 1.86 bits per heavy atom. The van der Waals surface area contributed by atoms with Gasteiger partial charge in [0.25, 0.3) is 11.5 Å². The first-order valence-corrected chi connectivity index (χ1v) is 14.7. The van der Waals surface area contributed by atoms with Crippen LogP contribution >= 0.6 is 11.6 Å². The predicted octanol–water partition coefficient (Wildman–Crippen LogP) is 4.18. The molecule has 0 fully saturated rings. The van der Waals surface area contributed by atoms with Gasteiger partial charge < -0.3 is 15.1 Å². The van der Waals surface area contributed by atoms with Crippen molar-refractivity contribution in [1.29, 1.82) is 0 Å². The minimum Gasteiger partial charge on any atom is -0.396 e. The van der Waals surface area contributed by atoms with Gasteiger partial charge in [-0.05, 0) is 48.4 Å². The average molecular weight is 611 g/mol. The summed E-state index contributed by atoms with van der Waals surface area (Å²) in [5, 5.41) is 35.2. The highest BCUT2D eigenvalue weighted by Gasteiger charge is 2.52. The molecule has 11 heteroatoms. The highest BCUT2D eigenvalue weighted by molar-refractivity contribution is 6.31. The van der Waals surface area contributed by atoms with Crippen LogP contribution in [0.5, 0.6) is 0 Å². The van der Waals surface area contributed by atoms with Crippen LogP contribution in [0.1, 0.15) is 30.2 Å². The highest BCUT2D eigenvalue weighted by atomic mass is 35.5. The zero-order chi connectivity index (χ0) is 30.8. The predicted molar refractivity (Wildman–Crippen MR) is 168 cm³/mol. The van der Waals surface area contributed by atoms with Gasteiger partial charge in [-0.25, -0.2) is 0 Å². The van der Waals surface area contributed by atoms with Crippen LogP contribution in [-0.4, -0.2) is 47.5 Å². The number of aliphatic hydroxyl groups is 2. The number of hydrogen-bond donors (Lipinski definition) is 2. The molecule has 1 aliphatic heterocycles. The molecule has 44 heavy (non-hydrogen) atoms. The van der Waals surface area contributed by atoms with E-state index in [0.29, 0.717) is 46.7 Å². The molecule has 2 atom stereocenters. The van der Waals surface area contributed by atoms with E-state index in [0.717, 1.165) is 16.6 Å². The Kier molecular flexibility index (Phi) is 8.13. The molecular weight excluding hydrogens is 580 g/mol. The largest absolute Gasteiger partial charge is 0.396 e. The van der Waals surface area contributed by atoms with Crippen molar-refractivity contribution in [3.05, 3.63) is 123 Å². The molecule has 224 valence electrons. The number of nitrogens with zero attached hydrogens (tertiary/aromatic N) is 6. The Morgan fingerprint density at radius 3 is 2.66 bits per heavy atom. The smallest absolute Gasteiger partial charge is 0.279 e. The first-order chi connectivity index (χ1) is 21.3. The number of fused-ring (bicyclic) bond motifs is 2. The van der Waals surface area contributed by atoms with Gasteiger partial charge in [-0.2, -0.15) is 9.78 Å². The molecule has 0 spiro atoms. The minimum atomic E-state index is -1.81. The van der Waals surface area contributed by atoms with Crippen molar-refractivity contribution in [2.24, 2.45) is 5.92 Å². The van der Waals surface area contributed by atoms with Gasteiger partial charge in [-0.3, -0.25) is 14.3 Å². The Hall–Kier alpha value is -4.64. The second-order valence-corrected chi connectivity index (χ2v) is 11.3. The molecule has 5 aromatic rings. The summed E-state index contributed by atoms with van der Waals surface area (Å²) >= 11 is 6.33. The fraction of sp³-hybridized carbons (Fsp3) is 0.242. The summed E-state index contributed by atoms with van der Waals surface area (Å²) in [6.45, 7) is 2.61. The van der Waals surface area contributed by atoms with Crippen LogP contribution < -0.4 is 10.5 Å². The molecule has 2 aromatic heterocycles. The maximum absolute atomic E-state index is 13.9. The number of benzene rings is 3. The van der Waals surface area contributed by atoms with Gasteiger partial charge in [-0.15, -0.1) is 5.10 Å². The van der Waals surface area contributed by atoms with Gasteiger partial charge in [0.2, 0.25) is 0 Å². The summed E-state index contributed by atoms with van der Waals surface area (Å²) in [4.78, 5) is 28.5. The van der Waals surface area contributed by atoms with Gasteiger partial charge in [0.1, 0.15) is 0 Å². The average Bonchev–Trinajstić information content (AvgIpc) is 3.57. The van der Waals surface area contributed by atoms with Gasteiger partial charge in [0, 0.05) is 47.7 Å². The number of carbonyl (C=O) groups is 1. The Balaban J connectivity index is 1.20. The second kappa shape index (κ2) is 12.2. The molecule has 3 heterocycles. The van der Waals surface area contributed by atoms with Gasteiger partial charge in [-0.1, -0.05) is 66.2 Å². The molecule has 1 aliphatic rings. The Bertz CT molecular complexity index is 1920. The lowest BCUT2D eigenvalue weighted by atomic mass is 9.83. The molecular formula is C33H31ClN6O4. The normalized spacial score (nSPS) is 17.1. The van der Waals surface area contributed by atoms with Gasteiger partial charge >= 0.3 is 0 Å². The van der Waals surface area contributed by atoms with Crippen molar-refractivity contribution in [3.8, 4) is 5.69 Å². The summed E-state index contributed by atoms with van der Waals surface area (Å²) in [5.74, 6) is -0.987. The molecule has 3 aromatic carbocycles. The number of halogens is 1. The van der Waals surface area contributed by atoms with E-state index < -0.39 is 17.4 Å². The third-order valence-electron chi connectivity index (χ3n) is 8.01. The van der Waals surface area contributed by atoms with Crippen LogP contribution in [0.2, 0.25) is 5.02 Å². The van der Waals surface area contributed by atoms with E-state index in [1.807, 2.05) is 42.5 Å². The Labute approximate surface area is 258 Å². The second-order valence-electron chi connectivity index (χ2n) is 10.9. The van der Waals surface area contributed by atoms with Crippen LogP contribution in [0.15, 0.2) is 96.1 Å². The summed E-state index contributed by atoms with van der Waals surface area (Å²) < 4.78 is 3.05. The highest BCUT2D eigenvalue weighted by Crippen LogP contribution is 2.46. The molecule has 2 N–H and O–H groups in total. The molecule has 0 bridgehead atoms. The maximum Gasteiger partial charge on any atom is 0.279 e. The number of amides is 1. The Morgan fingerprint density at radius 1 is 1.07 bits per heavy atom. The fourth-order valence-corrected chi connectivity index (χ4v) is 5.77. The van der Waals surface area contributed by atoms with E-state index in [1.165, 1.54) is 4.68 Å². The summed E-state index contributed by atoms with van der Waals surface area (Å²) in [6, 6.07) is 19.7. The lowest BCUT2D eigenvalue weighted by Crippen LogP contribution is -2.44. The van der Waals surface area contributed by atoms with Crippen molar-refractivity contribution in [1.82, 2.24) is 24.8 Å². The third kappa shape index (κ3) is 5.43. The number of rotatable bonds is 10. The number of allylic oxidation sites excluding steroid dienone is 1. The van der Waals surface area contributed by atoms with Crippen LogP contribution in [0.25, 0.3) is 16.5 Å². The van der Waals surface area contributed by atoms with Crippen LogP contribution in [0, 0.1) is 5.92 Å². The quantitative estimate of drug-likeness (QED) is 0.227. The molecule has 0 unspecified atom stereocenters. The van der Waals surface area contributed by atoms with Crippen molar-refractivity contribution in [2.75, 3.05) is 11.5 Å².